The highest BCUT2D eigenvalue weighted by molar-refractivity contribution is 5.88. The summed E-state index contributed by atoms with van der Waals surface area (Å²) in [6.45, 7) is 9.83. The smallest absolute Gasteiger partial charge is 0.0800 e. The average molecular weight is 274 g/mol. The summed E-state index contributed by atoms with van der Waals surface area (Å²) in [5.74, 6) is 0.232. The topological polar surface area (TPSA) is 44.6 Å². The van der Waals surface area contributed by atoms with Crippen molar-refractivity contribution in [3.8, 4) is 0 Å². The summed E-state index contributed by atoms with van der Waals surface area (Å²) in [7, 11) is 0. The first kappa shape index (κ1) is 15.2. The van der Waals surface area contributed by atoms with Gasteiger partial charge in [-0.2, -0.15) is 0 Å². The van der Waals surface area contributed by atoms with Gasteiger partial charge in [0, 0.05) is 25.2 Å². The van der Waals surface area contributed by atoms with Crippen molar-refractivity contribution < 1.29 is 5.11 Å². The molecule has 1 aromatic carbocycles. The van der Waals surface area contributed by atoms with Crippen LogP contribution in [0.1, 0.15) is 39.7 Å². The van der Waals surface area contributed by atoms with Gasteiger partial charge >= 0.3 is 0 Å². The zero-order valence-electron chi connectivity index (χ0n) is 13.0. The fourth-order valence-electron chi connectivity index (χ4n) is 2.69. The van der Waals surface area contributed by atoms with Crippen LogP contribution in [0.5, 0.6) is 0 Å². The van der Waals surface area contributed by atoms with Crippen molar-refractivity contribution in [3.05, 3.63) is 35.9 Å². The van der Waals surface area contributed by atoms with E-state index in [2.05, 4.69) is 38.2 Å². The van der Waals surface area contributed by atoms with Crippen molar-refractivity contribution in [3.63, 3.8) is 0 Å². The molecule has 0 saturated carbocycles. The summed E-state index contributed by atoms with van der Waals surface area (Å²) in [5, 5.41) is 13.9. The van der Waals surface area contributed by atoms with Crippen LogP contribution in [0.4, 0.5) is 0 Å². The second-order valence-corrected chi connectivity index (χ2v) is 6.67. The van der Waals surface area contributed by atoms with Gasteiger partial charge in [0.25, 0.3) is 0 Å². The van der Waals surface area contributed by atoms with Gasteiger partial charge in [-0.05, 0) is 32.3 Å². The third-order valence-corrected chi connectivity index (χ3v) is 4.32. The lowest BCUT2D eigenvalue weighted by molar-refractivity contribution is 0.0172. The number of aliphatic imine (C=N–C) groups is 1. The first-order valence-electron chi connectivity index (χ1n) is 7.37. The number of hydrogen-bond acceptors (Lipinski definition) is 3. The molecule has 2 rings (SSSR count). The molecule has 0 amide bonds. The van der Waals surface area contributed by atoms with Gasteiger partial charge in [-0.15, -0.1) is 0 Å². The maximum Gasteiger partial charge on any atom is 0.0800 e. The van der Waals surface area contributed by atoms with Crippen LogP contribution in [0.25, 0.3) is 0 Å². The van der Waals surface area contributed by atoms with Crippen LogP contribution in [0.2, 0.25) is 0 Å². The van der Waals surface area contributed by atoms with Gasteiger partial charge in [-0.25, -0.2) is 0 Å². The number of nitrogens with one attached hydrogen (secondary N) is 1. The van der Waals surface area contributed by atoms with Gasteiger partial charge < -0.3 is 10.4 Å². The van der Waals surface area contributed by atoms with E-state index in [-0.39, 0.29) is 11.5 Å². The van der Waals surface area contributed by atoms with E-state index in [0.717, 1.165) is 18.8 Å². The van der Waals surface area contributed by atoms with Gasteiger partial charge in [0.05, 0.1) is 11.1 Å². The Morgan fingerprint density at radius 1 is 1.30 bits per heavy atom. The molecule has 3 nitrogen and oxygen atoms in total. The number of benzene rings is 1. The summed E-state index contributed by atoms with van der Waals surface area (Å²) in [6.07, 6.45) is 0.636. The predicted molar refractivity (Wildman–Crippen MR) is 84.2 cm³/mol. The Labute approximate surface area is 122 Å². The lowest BCUT2D eigenvalue weighted by Gasteiger charge is -2.29. The molecule has 0 aliphatic carbocycles. The van der Waals surface area contributed by atoms with Gasteiger partial charge in [0.2, 0.25) is 0 Å². The maximum atomic E-state index is 10.5. The first-order valence-corrected chi connectivity index (χ1v) is 7.37. The van der Waals surface area contributed by atoms with Crippen molar-refractivity contribution in [1.82, 2.24) is 5.32 Å². The molecule has 20 heavy (non-hydrogen) atoms. The molecule has 2 N–H and O–H groups in total. The van der Waals surface area contributed by atoms with Gasteiger partial charge in [0.1, 0.15) is 0 Å². The third kappa shape index (κ3) is 3.47. The number of nitrogens with zero attached hydrogens (tertiary/aromatic N) is 1. The van der Waals surface area contributed by atoms with E-state index in [1.54, 1.807) is 0 Å². The lowest BCUT2D eigenvalue weighted by atomic mass is 9.86. The molecule has 1 aliphatic rings. The Kier molecular flexibility index (Phi) is 4.31. The molecule has 110 valence electrons. The fraction of sp³-hybridized carbons (Fsp3) is 0.588. The molecular weight excluding hydrogens is 248 g/mol. The third-order valence-electron chi connectivity index (χ3n) is 4.32. The second kappa shape index (κ2) is 5.66. The van der Waals surface area contributed by atoms with Gasteiger partial charge in [-0.1, -0.05) is 37.3 Å². The molecule has 1 aromatic rings. The number of rotatable bonds is 2. The van der Waals surface area contributed by atoms with Gasteiger partial charge in [-0.3, -0.25) is 4.99 Å². The minimum atomic E-state index is -0.685. The summed E-state index contributed by atoms with van der Waals surface area (Å²) in [4.78, 5) is 4.92. The summed E-state index contributed by atoms with van der Waals surface area (Å²) >= 11 is 0. The lowest BCUT2D eigenvalue weighted by Crippen LogP contribution is -2.36. The van der Waals surface area contributed by atoms with Crippen LogP contribution in [0, 0.1) is 5.92 Å². The van der Waals surface area contributed by atoms with E-state index in [1.165, 1.54) is 5.56 Å². The van der Waals surface area contributed by atoms with E-state index in [9.17, 15) is 5.11 Å². The molecule has 0 radical (unpaired) electrons. The van der Waals surface area contributed by atoms with Crippen molar-refractivity contribution in [2.45, 2.75) is 45.3 Å². The molecule has 0 aromatic heterocycles. The number of hydrogen-bond donors (Lipinski definition) is 2. The highest BCUT2D eigenvalue weighted by atomic mass is 16.3. The monoisotopic (exact) mass is 274 g/mol. The molecule has 0 spiro atoms. The highest BCUT2D eigenvalue weighted by Gasteiger charge is 2.33. The molecule has 1 heterocycles. The Balaban J connectivity index is 2.25. The van der Waals surface area contributed by atoms with E-state index in [0.29, 0.717) is 6.42 Å². The minimum Gasteiger partial charge on any atom is -0.389 e. The normalized spacial score (nSPS) is 30.2. The number of aliphatic hydroxyl groups is 1. The Morgan fingerprint density at radius 3 is 2.60 bits per heavy atom. The van der Waals surface area contributed by atoms with Crippen LogP contribution >= 0.6 is 0 Å². The molecule has 2 atom stereocenters. The van der Waals surface area contributed by atoms with Crippen LogP contribution in [-0.4, -0.2) is 29.5 Å². The van der Waals surface area contributed by atoms with Crippen LogP contribution < -0.4 is 5.32 Å². The molecule has 1 saturated heterocycles. The van der Waals surface area contributed by atoms with Crippen molar-refractivity contribution >= 4 is 5.71 Å². The maximum absolute atomic E-state index is 10.5. The zero-order valence-corrected chi connectivity index (χ0v) is 13.0. The van der Waals surface area contributed by atoms with Gasteiger partial charge in [0.15, 0.2) is 0 Å². The van der Waals surface area contributed by atoms with Crippen molar-refractivity contribution in [2.24, 2.45) is 10.9 Å². The first-order chi connectivity index (χ1) is 9.31. The fourth-order valence-corrected chi connectivity index (χ4v) is 2.69. The Bertz CT molecular complexity index is 477. The van der Waals surface area contributed by atoms with E-state index >= 15 is 0 Å². The van der Waals surface area contributed by atoms with Crippen molar-refractivity contribution in [1.29, 1.82) is 0 Å². The highest BCUT2D eigenvalue weighted by Crippen LogP contribution is 2.28. The standard InChI is InChI=1S/C17H26N2O/c1-13-11-18-12-15(10-17(13,4)20)19-16(2,3)14-8-6-5-7-9-14/h5-9,13,18,20H,10-12H2,1-4H3. The molecule has 0 bridgehead atoms. The summed E-state index contributed by atoms with van der Waals surface area (Å²) in [6, 6.07) is 10.3. The Morgan fingerprint density at radius 2 is 1.95 bits per heavy atom. The summed E-state index contributed by atoms with van der Waals surface area (Å²) < 4.78 is 0. The van der Waals surface area contributed by atoms with Crippen LogP contribution in [0.3, 0.4) is 0 Å². The second-order valence-electron chi connectivity index (χ2n) is 6.67. The molecular formula is C17H26N2O. The largest absolute Gasteiger partial charge is 0.389 e. The molecule has 1 aliphatic heterocycles. The zero-order chi connectivity index (χ0) is 14.8. The summed E-state index contributed by atoms with van der Waals surface area (Å²) in [5.41, 5.74) is 1.30. The molecule has 1 fully saturated rings. The average Bonchev–Trinajstić information content (AvgIpc) is 2.49. The SMILES string of the molecule is CC1CNCC(=NC(C)(C)c2ccccc2)CC1(C)O. The van der Waals surface area contributed by atoms with E-state index < -0.39 is 5.60 Å². The molecule has 2 unspecified atom stereocenters. The van der Waals surface area contributed by atoms with E-state index in [1.807, 2.05) is 25.1 Å². The van der Waals surface area contributed by atoms with E-state index in [4.69, 9.17) is 4.99 Å². The quantitative estimate of drug-likeness (QED) is 0.871. The van der Waals surface area contributed by atoms with Crippen molar-refractivity contribution in [2.75, 3.05) is 13.1 Å². The van der Waals surface area contributed by atoms with Crippen LogP contribution in [-0.2, 0) is 5.54 Å². The molecule has 3 heteroatoms. The van der Waals surface area contributed by atoms with Crippen LogP contribution in [0.15, 0.2) is 35.3 Å². The minimum absolute atomic E-state index is 0.232. The predicted octanol–water partition coefficient (Wildman–Crippen LogP) is 2.74. The Hall–Kier alpha value is -1.19.